The maximum atomic E-state index is 4.32. The van der Waals surface area contributed by atoms with Crippen molar-refractivity contribution in [1.29, 1.82) is 0 Å². The van der Waals surface area contributed by atoms with Crippen molar-refractivity contribution in [3.05, 3.63) is 23.8 Å². The van der Waals surface area contributed by atoms with E-state index in [4.69, 9.17) is 0 Å². The van der Waals surface area contributed by atoms with Crippen LogP contribution in [-0.2, 0) is 0 Å². The van der Waals surface area contributed by atoms with Crippen molar-refractivity contribution in [3.63, 3.8) is 0 Å². The number of hydrogen-bond donors (Lipinski definition) is 1. The van der Waals surface area contributed by atoms with Gasteiger partial charge < -0.3 is 0 Å². The molecule has 64 valence electrons. The molecule has 0 saturated heterocycles. The van der Waals surface area contributed by atoms with E-state index in [1.165, 1.54) is 0 Å². The maximum Gasteiger partial charge on any atom is 0.0665 e. The zero-order chi connectivity index (χ0) is 8.97. The molecule has 1 nitrogen and oxygen atoms in total. The highest BCUT2D eigenvalue weighted by Crippen LogP contribution is 2.23. The second-order valence-electron chi connectivity index (χ2n) is 2.64. The average molecular weight is 179 g/mol. The molecule has 0 radical (unpaired) electrons. The standard InChI is InChI=1S/C10H13NS/c1-3-7-11-9-5-4-6-10(12)8(9)2/h4-7,12H,3H2,1-2H3. The van der Waals surface area contributed by atoms with Gasteiger partial charge in [-0.05, 0) is 31.0 Å². The SMILES string of the molecule is CCC=Nc1cccc(S)c1C. The lowest BCUT2D eigenvalue weighted by Gasteiger charge is -2.01. The van der Waals surface area contributed by atoms with Crippen molar-refractivity contribution in [3.8, 4) is 0 Å². The van der Waals surface area contributed by atoms with Gasteiger partial charge in [0.15, 0.2) is 0 Å². The number of rotatable bonds is 2. The molecule has 2 heteroatoms. The first-order chi connectivity index (χ1) is 5.75. The lowest BCUT2D eigenvalue weighted by Crippen LogP contribution is -1.77. The molecule has 0 aliphatic rings. The minimum Gasteiger partial charge on any atom is -0.261 e. The van der Waals surface area contributed by atoms with Crippen LogP contribution in [0, 0.1) is 6.92 Å². The van der Waals surface area contributed by atoms with E-state index in [1.54, 1.807) is 0 Å². The van der Waals surface area contributed by atoms with Crippen LogP contribution in [0.3, 0.4) is 0 Å². The monoisotopic (exact) mass is 179 g/mol. The molecule has 1 aromatic carbocycles. The van der Waals surface area contributed by atoms with Gasteiger partial charge in [-0.25, -0.2) is 0 Å². The molecule has 0 N–H and O–H groups in total. The molecule has 12 heavy (non-hydrogen) atoms. The predicted octanol–water partition coefficient (Wildman–Crippen LogP) is 3.40. The van der Waals surface area contributed by atoms with Gasteiger partial charge in [-0.3, -0.25) is 4.99 Å². The van der Waals surface area contributed by atoms with Crippen molar-refractivity contribution in [1.82, 2.24) is 0 Å². The molecule has 0 aromatic heterocycles. The summed E-state index contributed by atoms with van der Waals surface area (Å²) in [6, 6.07) is 5.95. The topological polar surface area (TPSA) is 12.4 Å². The average Bonchev–Trinajstić information content (AvgIpc) is 2.08. The van der Waals surface area contributed by atoms with Crippen LogP contribution >= 0.6 is 12.6 Å². The van der Waals surface area contributed by atoms with Gasteiger partial charge in [0.1, 0.15) is 0 Å². The molecule has 0 aliphatic carbocycles. The highest BCUT2D eigenvalue weighted by molar-refractivity contribution is 7.80. The smallest absolute Gasteiger partial charge is 0.0665 e. The van der Waals surface area contributed by atoms with E-state index < -0.39 is 0 Å². The Hall–Kier alpha value is -0.760. The third-order valence-electron chi connectivity index (χ3n) is 1.69. The maximum absolute atomic E-state index is 4.32. The fourth-order valence-electron chi connectivity index (χ4n) is 0.941. The largest absolute Gasteiger partial charge is 0.261 e. The first kappa shape index (κ1) is 9.33. The molecule has 0 fully saturated rings. The Morgan fingerprint density at radius 1 is 1.50 bits per heavy atom. The van der Waals surface area contributed by atoms with Gasteiger partial charge in [0.25, 0.3) is 0 Å². The second-order valence-corrected chi connectivity index (χ2v) is 3.12. The van der Waals surface area contributed by atoms with Crippen LogP contribution in [-0.4, -0.2) is 6.21 Å². The number of nitrogens with zero attached hydrogens (tertiary/aromatic N) is 1. The Bertz CT molecular complexity index is 292. The van der Waals surface area contributed by atoms with Crippen LogP contribution < -0.4 is 0 Å². The molecule has 0 heterocycles. The first-order valence-corrected chi connectivity index (χ1v) is 4.51. The van der Waals surface area contributed by atoms with Crippen LogP contribution in [0.25, 0.3) is 0 Å². The molecule has 1 aromatic rings. The van der Waals surface area contributed by atoms with Crippen molar-refractivity contribution < 1.29 is 0 Å². The summed E-state index contributed by atoms with van der Waals surface area (Å²) in [6.45, 7) is 4.11. The Labute approximate surface area is 78.9 Å². The lowest BCUT2D eigenvalue weighted by atomic mass is 10.2. The van der Waals surface area contributed by atoms with Crippen molar-refractivity contribution >= 4 is 24.5 Å². The summed E-state index contributed by atoms with van der Waals surface area (Å²) in [6.07, 6.45) is 2.88. The third kappa shape index (κ3) is 2.11. The Kier molecular flexibility index (Phi) is 3.35. The number of thiol groups is 1. The van der Waals surface area contributed by atoms with E-state index in [0.29, 0.717) is 0 Å². The predicted molar refractivity (Wildman–Crippen MR) is 56.9 cm³/mol. The van der Waals surface area contributed by atoms with Gasteiger partial charge in [-0.2, -0.15) is 0 Å². The summed E-state index contributed by atoms with van der Waals surface area (Å²) in [5.41, 5.74) is 2.16. The van der Waals surface area contributed by atoms with Crippen molar-refractivity contribution in [2.75, 3.05) is 0 Å². The molecule has 0 bridgehead atoms. The zero-order valence-corrected chi connectivity index (χ0v) is 8.31. The van der Waals surface area contributed by atoms with Crippen molar-refractivity contribution in [2.45, 2.75) is 25.2 Å². The van der Waals surface area contributed by atoms with Gasteiger partial charge in [-0.15, -0.1) is 12.6 Å². The lowest BCUT2D eigenvalue weighted by molar-refractivity contribution is 1.26. The molecule has 0 aliphatic heterocycles. The van der Waals surface area contributed by atoms with E-state index >= 15 is 0 Å². The summed E-state index contributed by atoms with van der Waals surface area (Å²) < 4.78 is 0. The van der Waals surface area contributed by atoms with Gasteiger partial charge in [0.2, 0.25) is 0 Å². The summed E-state index contributed by atoms with van der Waals surface area (Å²) in [7, 11) is 0. The van der Waals surface area contributed by atoms with Crippen LogP contribution in [0.5, 0.6) is 0 Å². The van der Waals surface area contributed by atoms with Gasteiger partial charge in [-0.1, -0.05) is 13.0 Å². The Balaban J connectivity index is 3.00. The van der Waals surface area contributed by atoms with Gasteiger partial charge in [0, 0.05) is 11.1 Å². The highest BCUT2D eigenvalue weighted by Gasteiger charge is 1.96. The molecule has 0 unspecified atom stereocenters. The van der Waals surface area contributed by atoms with Crippen LogP contribution in [0.2, 0.25) is 0 Å². The molecular weight excluding hydrogens is 166 g/mol. The molecule has 0 spiro atoms. The van der Waals surface area contributed by atoms with Crippen molar-refractivity contribution in [2.24, 2.45) is 4.99 Å². The van der Waals surface area contributed by atoms with E-state index in [-0.39, 0.29) is 0 Å². The van der Waals surface area contributed by atoms with Gasteiger partial charge >= 0.3 is 0 Å². The summed E-state index contributed by atoms with van der Waals surface area (Å²) in [5.74, 6) is 0. The van der Waals surface area contributed by atoms with E-state index in [2.05, 4.69) is 24.5 Å². The van der Waals surface area contributed by atoms with Crippen LogP contribution in [0.1, 0.15) is 18.9 Å². The molecule has 0 amide bonds. The molecule has 0 saturated carbocycles. The number of hydrogen-bond acceptors (Lipinski definition) is 2. The number of benzene rings is 1. The Morgan fingerprint density at radius 2 is 2.25 bits per heavy atom. The third-order valence-corrected chi connectivity index (χ3v) is 2.17. The fraction of sp³-hybridized carbons (Fsp3) is 0.300. The summed E-state index contributed by atoms with van der Waals surface area (Å²) in [4.78, 5) is 5.31. The summed E-state index contributed by atoms with van der Waals surface area (Å²) in [5, 5.41) is 0. The van der Waals surface area contributed by atoms with Gasteiger partial charge in [0.05, 0.1) is 5.69 Å². The van der Waals surface area contributed by atoms with E-state index in [9.17, 15) is 0 Å². The first-order valence-electron chi connectivity index (χ1n) is 4.06. The number of aliphatic imine (C=N–C) groups is 1. The minimum atomic E-state index is 0.968. The molecule has 1 rings (SSSR count). The molecule has 0 atom stereocenters. The summed E-state index contributed by atoms with van der Waals surface area (Å²) >= 11 is 4.32. The fourth-order valence-corrected chi connectivity index (χ4v) is 1.14. The Morgan fingerprint density at radius 3 is 2.92 bits per heavy atom. The van der Waals surface area contributed by atoms with Crippen LogP contribution in [0.4, 0.5) is 5.69 Å². The molecular formula is C10H13NS. The van der Waals surface area contributed by atoms with E-state index in [1.807, 2.05) is 31.3 Å². The normalized spacial score (nSPS) is 10.9. The zero-order valence-electron chi connectivity index (χ0n) is 7.41. The van der Waals surface area contributed by atoms with Crippen LogP contribution in [0.15, 0.2) is 28.1 Å². The van der Waals surface area contributed by atoms with E-state index in [0.717, 1.165) is 22.6 Å². The highest BCUT2D eigenvalue weighted by atomic mass is 32.1. The second kappa shape index (κ2) is 4.31. The quantitative estimate of drug-likeness (QED) is 0.528. The minimum absolute atomic E-state index is 0.968.